The average Bonchev–Trinajstić information content (AvgIpc) is 2.93. The van der Waals surface area contributed by atoms with E-state index in [1.165, 1.54) is 4.31 Å². The average molecular weight is 479 g/mol. The Kier molecular flexibility index (Phi) is 6.91. The molecule has 1 N–H and O–H groups in total. The van der Waals surface area contributed by atoms with Gasteiger partial charge in [0.2, 0.25) is 15.9 Å². The Balaban J connectivity index is 1.57. The maximum absolute atomic E-state index is 13.4. The van der Waals surface area contributed by atoms with Crippen LogP contribution in [0.1, 0.15) is 48.9 Å². The van der Waals surface area contributed by atoms with Crippen molar-refractivity contribution >= 4 is 27.9 Å². The third-order valence-corrected chi connectivity index (χ3v) is 8.88. The first-order chi connectivity index (χ1) is 15.3. The number of sulfonamides is 1. The molecule has 4 amide bonds. The molecule has 1 aromatic rings. The molecule has 3 rings (SSSR count). The van der Waals surface area contributed by atoms with E-state index in [0.717, 1.165) is 27.2 Å². The summed E-state index contributed by atoms with van der Waals surface area (Å²) in [5, 5.41) is 2.62. The Hall–Kier alpha value is -2.46. The summed E-state index contributed by atoms with van der Waals surface area (Å²) in [5.41, 5.74) is 2.49. The summed E-state index contributed by atoms with van der Waals surface area (Å²) < 4.78 is 28.2. The number of aryl methyl sites for hydroxylation is 2. The number of hydrogen-bond donors (Lipinski definition) is 1. The zero-order chi connectivity index (χ0) is 24.7. The molecule has 0 atom stereocenters. The van der Waals surface area contributed by atoms with Crippen molar-refractivity contribution in [3.05, 3.63) is 28.3 Å². The lowest BCUT2D eigenvalue weighted by Gasteiger charge is -2.35. The largest absolute Gasteiger partial charge is 0.340 e. The minimum absolute atomic E-state index is 0.0999. The molecule has 2 aliphatic rings. The van der Waals surface area contributed by atoms with E-state index in [4.69, 9.17) is 0 Å². The highest BCUT2D eigenvalue weighted by Crippen LogP contribution is 2.29. The maximum atomic E-state index is 13.4. The van der Waals surface area contributed by atoms with Gasteiger partial charge >= 0.3 is 6.03 Å². The van der Waals surface area contributed by atoms with Crippen LogP contribution in [0.15, 0.2) is 11.0 Å². The predicted molar refractivity (Wildman–Crippen MR) is 124 cm³/mol. The highest BCUT2D eigenvalue weighted by Gasteiger charge is 2.43. The number of amides is 4. The summed E-state index contributed by atoms with van der Waals surface area (Å²) in [6.07, 6.45) is 0.563. The SMILES string of the molecule is Cc1cc(C)c(C)c(S(=O)(=O)N2CCN(C(=O)CCCN3C(=O)NC(C)(C)C3=O)CC2)c1C. The Morgan fingerprint density at radius 3 is 2.03 bits per heavy atom. The van der Waals surface area contributed by atoms with Gasteiger partial charge < -0.3 is 10.2 Å². The fourth-order valence-electron chi connectivity index (χ4n) is 4.44. The topological polar surface area (TPSA) is 107 Å². The Labute approximate surface area is 196 Å². The van der Waals surface area contributed by atoms with Crippen molar-refractivity contribution in [1.29, 1.82) is 0 Å². The van der Waals surface area contributed by atoms with Crippen LogP contribution in [0.5, 0.6) is 0 Å². The summed E-state index contributed by atoms with van der Waals surface area (Å²) in [6, 6.07) is 1.56. The minimum atomic E-state index is -3.66. The number of carbonyl (C=O) groups is 3. The Morgan fingerprint density at radius 2 is 1.55 bits per heavy atom. The van der Waals surface area contributed by atoms with E-state index in [2.05, 4.69) is 5.32 Å². The molecule has 33 heavy (non-hydrogen) atoms. The van der Waals surface area contributed by atoms with Crippen molar-refractivity contribution in [3.8, 4) is 0 Å². The molecule has 0 spiro atoms. The molecule has 182 valence electrons. The van der Waals surface area contributed by atoms with Gasteiger partial charge in [0, 0.05) is 39.1 Å². The fraction of sp³-hybridized carbons (Fsp3) is 0.609. The number of hydrogen-bond acceptors (Lipinski definition) is 5. The highest BCUT2D eigenvalue weighted by molar-refractivity contribution is 7.89. The molecule has 0 bridgehead atoms. The van der Waals surface area contributed by atoms with Crippen LogP contribution in [0.3, 0.4) is 0 Å². The van der Waals surface area contributed by atoms with Crippen molar-refractivity contribution in [1.82, 2.24) is 19.4 Å². The number of imide groups is 1. The molecule has 9 nitrogen and oxygen atoms in total. The number of carbonyl (C=O) groups excluding carboxylic acids is 3. The molecule has 2 heterocycles. The van der Waals surface area contributed by atoms with Crippen molar-refractivity contribution < 1.29 is 22.8 Å². The van der Waals surface area contributed by atoms with Gasteiger partial charge in [-0.15, -0.1) is 0 Å². The van der Waals surface area contributed by atoms with Crippen LogP contribution in [0.25, 0.3) is 0 Å². The summed E-state index contributed by atoms with van der Waals surface area (Å²) in [6.45, 7) is 12.1. The monoisotopic (exact) mass is 478 g/mol. The van der Waals surface area contributed by atoms with Crippen LogP contribution in [-0.4, -0.2) is 78.6 Å². The third kappa shape index (κ3) is 4.77. The van der Waals surface area contributed by atoms with E-state index < -0.39 is 21.6 Å². The molecule has 2 saturated heterocycles. The Morgan fingerprint density at radius 1 is 1.00 bits per heavy atom. The lowest BCUT2D eigenvalue weighted by atomic mass is 10.0. The quantitative estimate of drug-likeness (QED) is 0.628. The normalized spacial score (nSPS) is 19.2. The van der Waals surface area contributed by atoms with Crippen molar-refractivity contribution in [2.75, 3.05) is 32.7 Å². The number of nitrogens with zero attached hydrogens (tertiary/aromatic N) is 3. The van der Waals surface area contributed by atoms with Gasteiger partial charge in [0.1, 0.15) is 5.54 Å². The van der Waals surface area contributed by atoms with Crippen molar-refractivity contribution in [2.45, 2.75) is 64.8 Å². The van der Waals surface area contributed by atoms with E-state index in [0.29, 0.717) is 24.4 Å². The fourth-order valence-corrected chi connectivity index (χ4v) is 6.44. The summed E-state index contributed by atoms with van der Waals surface area (Å²) >= 11 is 0. The zero-order valence-electron chi connectivity index (χ0n) is 20.3. The van der Waals surface area contributed by atoms with Gasteiger partial charge in [0.25, 0.3) is 5.91 Å². The molecule has 0 aliphatic carbocycles. The molecule has 0 radical (unpaired) electrons. The van der Waals surface area contributed by atoms with Gasteiger partial charge in [-0.2, -0.15) is 4.31 Å². The molecule has 1 aromatic carbocycles. The van der Waals surface area contributed by atoms with Crippen LogP contribution in [0.4, 0.5) is 4.79 Å². The van der Waals surface area contributed by atoms with Gasteiger partial charge in [0.15, 0.2) is 0 Å². The molecule has 2 aliphatic heterocycles. The smallest absolute Gasteiger partial charge is 0.325 e. The van der Waals surface area contributed by atoms with Gasteiger partial charge in [0.05, 0.1) is 4.90 Å². The maximum Gasteiger partial charge on any atom is 0.325 e. The molecule has 0 aromatic heterocycles. The second-order valence-electron chi connectivity index (χ2n) is 9.49. The second kappa shape index (κ2) is 9.06. The third-order valence-electron chi connectivity index (χ3n) is 6.70. The van der Waals surface area contributed by atoms with Gasteiger partial charge in [-0.3, -0.25) is 14.5 Å². The van der Waals surface area contributed by atoms with Crippen molar-refractivity contribution in [3.63, 3.8) is 0 Å². The summed E-state index contributed by atoms with van der Waals surface area (Å²) in [7, 11) is -3.66. The molecule has 0 saturated carbocycles. The minimum Gasteiger partial charge on any atom is -0.340 e. The van der Waals surface area contributed by atoms with Crippen LogP contribution in [-0.2, 0) is 19.6 Å². The first-order valence-corrected chi connectivity index (χ1v) is 12.7. The number of piperazine rings is 1. The van der Waals surface area contributed by atoms with E-state index in [1.807, 2.05) is 33.8 Å². The van der Waals surface area contributed by atoms with Crippen molar-refractivity contribution in [2.24, 2.45) is 0 Å². The van der Waals surface area contributed by atoms with Crippen LogP contribution < -0.4 is 5.32 Å². The first-order valence-electron chi connectivity index (χ1n) is 11.3. The number of nitrogens with one attached hydrogen (secondary N) is 1. The van der Waals surface area contributed by atoms with Gasteiger partial charge in [-0.25, -0.2) is 13.2 Å². The van der Waals surface area contributed by atoms with Crippen LogP contribution in [0.2, 0.25) is 0 Å². The number of benzene rings is 1. The van der Waals surface area contributed by atoms with E-state index >= 15 is 0 Å². The zero-order valence-corrected chi connectivity index (χ0v) is 21.1. The van der Waals surface area contributed by atoms with Crippen LogP contribution >= 0.6 is 0 Å². The molecular formula is C23H34N4O5S. The van der Waals surface area contributed by atoms with E-state index in [9.17, 15) is 22.8 Å². The van der Waals surface area contributed by atoms with Crippen LogP contribution in [0, 0.1) is 27.7 Å². The summed E-state index contributed by atoms with van der Waals surface area (Å²) in [4.78, 5) is 40.0. The number of urea groups is 1. The van der Waals surface area contributed by atoms with Gasteiger partial charge in [-0.05, 0) is 70.2 Å². The van der Waals surface area contributed by atoms with E-state index in [-0.39, 0.29) is 37.9 Å². The molecule has 0 unspecified atom stereocenters. The van der Waals surface area contributed by atoms with Gasteiger partial charge in [-0.1, -0.05) is 6.07 Å². The summed E-state index contributed by atoms with van der Waals surface area (Å²) in [5.74, 6) is -0.395. The predicted octanol–water partition coefficient (Wildman–Crippen LogP) is 1.86. The van der Waals surface area contributed by atoms with E-state index in [1.54, 1.807) is 18.7 Å². The highest BCUT2D eigenvalue weighted by atomic mass is 32.2. The molecule has 10 heteroatoms. The second-order valence-corrected chi connectivity index (χ2v) is 11.4. The Bertz CT molecular complexity index is 1060. The molecular weight excluding hydrogens is 444 g/mol. The lowest BCUT2D eigenvalue weighted by Crippen LogP contribution is -2.50. The number of rotatable bonds is 6. The lowest BCUT2D eigenvalue weighted by molar-refractivity contribution is -0.133. The standard InChI is InChI=1S/C23H34N4O5S/c1-15-14-16(2)18(4)20(17(15)3)33(31,32)26-12-10-25(11-13-26)19(28)8-7-9-27-21(29)23(5,6)24-22(27)30/h14H,7-13H2,1-6H3,(H,24,30). The molecule has 2 fully saturated rings. The first kappa shape index (κ1) is 25.2.